The summed E-state index contributed by atoms with van der Waals surface area (Å²) < 4.78 is 5.26. The van der Waals surface area contributed by atoms with Crippen molar-refractivity contribution in [2.75, 3.05) is 19.0 Å². The molecule has 1 aliphatic heterocycles. The van der Waals surface area contributed by atoms with Crippen molar-refractivity contribution in [3.8, 4) is 5.75 Å². The van der Waals surface area contributed by atoms with Crippen LogP contribution in [0.3, 0.4) is 0 Å². The lowest BCUT2D eigenvalue weighted by atomic mass is 9.99. The highest BCUT2D eigenvalue weighted by Gasteiger charge is 2.26. The smallest absolute Gasteiger partial charge is 0.256 e. The van der Waals surface area contributed by atoms with Gasteiger partial charge in [-0.05, 0) is 23.8 Å². The van der Waals surface area contributed by atoms with Crippen LogP contribution in [0.4, 0.5) is 5.69 Å². The number of aromatic amines is 1. The maximum Gasteiger partial charge on any atom is 0.256 e. The lowest BCUT2D eigenvalue weighted by molar-refractivity contribution is -0.110. The van der Waals surface area contributed by atoms with E-state index in [1.165, 1.54) is 0 Å². The van der Waals surface area contributed by atoms with E-state index in [4.69, 9.17) is 9.84 Å². The molecule has 1 aliphatic rings. The molecule has 2 aromatic rings. The number of methoxy groups -OCH3 is 1. The fraction of sp³-hybridized carbons (Fsp3) is 0.211. The Balaban J connectivity index is 0.00000100. The molecule has 5 heteroatoms. The Bertz CT molecular complexity index is 773. The molecule has 0 fully saturated rings. The monoisotopic (exact) mass is 326 g/mol. The molecule has 0 atom stereocenters. The van der Waals surface area contributed by atoms with Crippen LogP contribution in [0, 0.1) is 0 Å². The molecule has 0 spiro atoms. The maximum atomic E-state index is 12.3. The van der Waals surface area contributed by atoms with E-state index in [0.717, 1.165) is 22.5 Å². The van der Waals surface area contributed by atoms with Crippen LogP contribution >= 0.6 is 0 Å². The number of hydrogen-bond acceptors (Lipinski definition) is 3. The highest BCUT2D eigenvalue weighted by molar-refractivity contribution is 6.35. The molecular weight excluding hydrogens is 304 g/mol. The number of hydrogen-bond donors (Lipinski definition) is 3. The average molecular weight is 326 g/mol. The van der Waals surface area contributed by atoms with Gasteiger partial charge in [0.25, 0.3) is 5.91 Å². The fourth-order valence-corrected chi connectivity index (χ4v) is 2.54. The highest BCUT2D eigenvalue weighted by atomic mass is 16.5. The Kier molecular flexibility index (Phi) is 5.98. The normalized spacial score (nSPS) is 14.3. The number of amides is 1. The van der Waals surface area contributed by atoms with Crippen molar-refractivity contribution in [3.63, 3.8) is 0 Å². The summed E-state index contributed by atoms with van der Waals surface area (Å²) in [6.07, 6.45) is 6.98. The molecule has 0 saturated heterocycles. The Morgan fingerprint density at radius 1 is 1.25 bits per heavy atom. The van der Waals surface area contributed by atoms with Crippen LogP contribution < -0.4 is 10.1 Å². The zero-order valence-corrected chi connectivity index (χ0v) is 14.1. The van der Waals surface area contributed by atoms with Gasteiger partial charge in [-0.25, -0.2) is 0 Å². The van der Waals surface area contributed by atoms with E-state index >= 15 is 0 Å². The van der Waals surface area contributed by atoms with Crippen molar-refractivity contribution in [2.45, 2.75) is 13.8 Å². The van der Waals surface area contributed by atoms with Crippen LogP contribution in [0.5, 0.6) is 5.75 Å². The van der Waals surface area contributed by atoms with Gasteiger partial charge in [-0.3, -0.25) is 4.79 Å². The minimum absolute atomic E-state index is 0.0471. The number of benzene rings is 1. The molecule has 0 radical (unpaired) electrons. The van der Waals surface area contributed by atoms with Gasteiger partial charge < -0.3 is 20.1 Å². The molecule has 0 bridgehead atoms. The van der Waals surface area contributed by atoms with Crippen LogP contribution in [0.15, 0.2) is 36.5 Å². The second-order valence-corrected chi connectivity index (χ2v) is 4.83. The lowest BCUT2D eigenvalue weighted by Crippen LogP contribution is -2.03. The summed E-state index contributed by atoms with van der Waals surface area (Å²) >= 11 is 0. The van der Waals surface area contributed by atoms with E-state index in [9.17, 15) is 4.79 Å². The van der Waals surface area contributed by atoms with E-state index in [1.54, 1.807) is 37.6 Å². The molecule has 1 aromatic heterocycles. The Morgan fingerprint density at radius 2 is 2.04 bits per heavy atom. The first-order valence-electron chi connectivity index (χ1n) is 7.90. The number of ether oxygens (including phenoxy) is 1. The van der Waals surface area contributed by atoms with E-state index in [0.29, 0.717) is 11.3 Å². The fourth-order valence-electron chi connectivity index (χ4n) is 2.54. The molecule has 0 unspecified atom stereocenters. The van der Waals surface area contributed by atoms with Crippen molar-refractivity contribution in [1.29, 1.82) is 0 Å². The van der Waals surface area contributed by atoms with E-state index in [-0.39, 0.29) is 12.5 Å². The number of H-pyrrole nitrogens is 1. The van der Waals surface area contributed by atoms with Crippen LogP contribution in [-0.2, 0) is 4.79 Å². The summed E-state index contributed by atoms with van der Waals surface area (Å²) in [5, 5.41) is 11.8. The summed E-state index contributed by atoms with van der Waals surface area (Å²) in [6, 6.07) is 7.44. The Labute approximate surface area is 141 Å². The molecule has 1 amide bonds. The van der Waals surface area contributed by atoms with Crippen molar-refractivity contribution in [1.82, 2.24) is 4.98 Å². The van der Waals surface area contributed by atoms with Gasteiger partial charge in [0.05, 0.1) is 25.0 Å². The maximum absolute atomic E-state index is 12.3. The summed E-state index contributed by atoms with van der Waals surface area (Å²) in [7, 11) is 1.59. The molecule has 3 rings (SSSR count). The largest absolute Gasteiger partial charge is 0.495 e. The van der Waals surface area contributed by atoms with Gasteiger partial charge in [-0.2, -0.15) is 0 Å². The summed E-state index contributed by atoms with van der Waals surface area (Å²) in [4.78, 5) is 15.3. The third kappa shape index (κ3) is 3.41. The number of aliphatic hydroxyl groups is 1. The number of carbonyl (C=O) groups is 1. The number of fused-ring (bicyclic) bond motifs is 1. The number of rotatable bonds is 4. The molecular formula is C19H22N2O3. The summed E-state index contributed by atoms with van der Waals surface area (Å²) in [6.45, 7) is 3.95. The summed E-state index contributed by atoms with van der Waals surface area (Å²) in [5.74, 6) is 0.522. The zero-order valence-electron chi connectivity index (χ0n) is 14.1. The van der Waals surface area contributed by atoms with Gasteiger partial charge in [0.2, 0.25) is 0 Å². The average Bonchev–Trinajstić information content (AvgIpc) is 3.19. The topological polar surface area (TPSA) is 74.4 Å². The van der Waals surface area contributed by atoms with Crippen LogP contribution in [0.2, 0.25) is 0 Å². The second kappa shape index (κ2) is 8.17. The lowest BCUT2D eigenvalue weighted by Gasteiger charge is -2.04. The van der Waals surface area contributed by atoms with Gasteiger partial charge in [0.15, 0.2) is 0 Å². The number of anilines is 1. The number of carbonyl (C=O) groups excluding carboxylic acids is 1. The third-order valence-corrected chi connectivity index (χ3v) is 3.51. The number of nitrogens with one attached hydrogen (secondary N) is 2. The van der Waals surface area contributed by atoms with Gasteiger partial charge in [-0.15, -0.1) is 0 Å². The predicted molar refractivity (Wildman–Crippen MR) is 97.8 cm³/mol. The highest BCUT2D eigenvalue weighted by Crippen LogP contribution is 2.37. The van der Waals surface area contributed by atoms with Gasteiger partial charge in [0.1, 0.15) is 5.75 Å². The van der Waals surface area contributed by atoms with Crippen LogP contribution in [-0.4, -0.2) is 29.7 Å². The molecule has 2 heterocycles. The third-order valence-electron chi connectivity index (χ3n) is 3.51. The molecule has 0 aliphatic carbocycles. The van der Waals surface area contributed by atoms with Gasteiger partial charge in [0, 0.05) is 17.4 Å². The quantitative estimate of drug-likeness (QED) is 0.752. The molecule has 126 valence electrons. The standard InChI is InChI=1S/C17H16N2O3.C2H6/c1-22-15-7-8-18-14(15)10-12-16-11(5-3-9-20)4-2-6-13(16)19-17(12)21;1-2/h2-8,10,18,20H,9H2,1H3,(H,19,21);1-2H3/b5-3?,12-10-;. The van der Waals surface area contributed by atoms with Crippen molar-refractivity contribution < 1.29 is 14.6 Å². The number of aliphatic hydroxyl groups excluding tert-OH is 1. The SMILES string of the molecule is CC.COc1cc[nH]c1/C=C1\C(=O)Nc2cccc(C=CCO)c21. The first-order chi connectivity index (χ1) is 11.7. The molecule has 24 heavy (non-hydrogen) atoms. The zero-order chi connectivity index (χ0) is 17.5. The molecule has 5 nitrogen and oxygen atoms in total. The number of aromatic nitrogens is 1. The second-order valence-electron chi connectivity index (χ2n) is 4.83. The Morgan fingerprint density at radius 3 is 2.75 bits per heavy atom. The first kappa shape index (κ1) is 17.6. The minimum Gasteiger partial charge on any atom is -0.495 e. The van der Waals surface area contributed by atoms with Gasteiger partial charge >= 0.3 is 0 Å². The first-order valence-corrected chi connectivity index (χ1v) is 7.90. The Hall–Kier alpha value is -2.79. The van der Waals surface area contributed by atoms with Crippen molar-refractivity contribution in [2.24, 2.45) is 0 Å². The molecule has 0 saturated carbocycles. The van der Waals surface area contributed by atoms with E-state index < -0.39 is 0 Å². The molecule has 3 N–H and O–H groups in total. The van der Waals surface area contributed by atoms with E-state index in [1.807, 2.05) is 32.0 Å². The van der Waals surface area contributed by atoms with Crippen LogP contribution in [0.25, 0.3) is 17.7 Å². The molecule has 1 aromatic carbocycles. The van der Waals surface area contributed by atoms with Crippen molar-refractivity contribution in [3.05, 3.63) is 53.4 Å². The van der Waals surface area contributed by atoms with Crippen LogP contribution in [0.1, 0.15) is 30.7 Å². The van der Waals surface area contributed by atoms with Gasteiger partial charge in [-0.1, -0.05) is 38.1 Å². The van der Waals surface area contributed by atoms with E-state index in [2.05, 4.69) is 10.3 Å². The summed E-state index contributed by atoms with van der Waals surface area (Å²) in [5.41, 5.74) is 3.77. The van der Waals surface area contributed by atoms with Crippen molar-refractivity contribution >= 4 is 29.3 Å². The predicted octanol–water partition coefficient (Wildman–Crippen LogP) is 3.55. The minimum atomic E-state index is -0.156.